The Morgan fingerprint density at radius 3 is 2.53 bits per heavy atom. The molecule has 1 N–H and O–H groups in total. The lowest BCUT2D eigenvalue weighted by Gasteiger charge is -2.24. The summed E-state index contributed by atoms with van der Waals surface area (Å²) in [7, 11) is 0. The Morgan fingerprint density at radius 1 is 1.53 bits per heavy atom. The van der Waals surface area contributed by atoms with Crippen LogP contribution in [0, 0.1) is 11.3 Å². The van der Waals surface area contributed by atoms with Crippen LogP contribution in [-0.4, -0.2) is 17.3 Å². The largest absolute Gasteiger partial charge is 0.413 e. The second-order valence-corrected chi connectivity index (χ2v) is 4.09. The molecule has 0 heterocycles. The van der Waals surface area contributed by atoms with Crippen LogP contribution in [0.5, 0.6) is 0 Å². The maximum atomic E-state index is 12.4. The molecule has 84 valence electrons. The quantitative estimate of drug-likeness (QED) is 0.588. The molecule has 6 heteroatoms. The van der Waals surface area contributed by atoms with Gasteiger partial charge in [0.1, 0.15) is 0 Å². The third-order valence-electron chi connectivity index (χ3n) is 2.40. The van der Waals surface area contributed by atoms with Crippen molar-refractivity contribution in [1.29, 1.82) is 5.41 Å². The van der Waals surface area contributed by atoms with Gasteiger partial charge in [0, 0.05) is 27.6 Å². The topological polar surface area (TPSA) is 23.9 Å². The van der Waals surface area contributed by atoms with Crippen molar-refractivity contribution < 1.29 is 13.2 Å². The molecule has 0 saturated heterocycles. The molecule has 0 aromatic rings. The van der Waals surface area contributed by atoms with Gasteiger partial charge in [0.05, 0.1) is 0 Å². The van der Waals surface area contributed by atoms with Gasteiger partial charge in [0.2, 0.25) is 0 Å². The van der Waals surface area contributed by atoms with E-state index in [9.17, 15) is 13.2 Å². The number of nitrogens with one attached hydrogen (secondary N) is 1. The van der Waals surface area contributed by atoms with Gasteiger partial charge in [-0.25, -0.2) is 0 Å². The lowest BCUT2D eigenvalue weighted by Crippen LogP contribution is -2.23. The van der Waals surface area contributed by atoms with Gasteiger partial charge >= 0.3 is 6.18 Å². The van der Waals surface area contributed by atoms with E-state index in [0.29, 0.717) is 0 Å². The molecule has 1 aliphatic carbocycles. The van der Waals surface area contributed by atoms with Crippen LogP contribution >= 0.6 is 23.8 Å². The summed E-state index contributed by atoms with van der Waals surface area (Å²) < 4.78 is 37.1. The van der Waals surface area contributed by atoms with Crippen LogP contribution in [0.15, 0.2) is 10.6 Å². The molecule has 15 heavy (non-hydrogen) atoms. The van der Waals surface area contributed by atoms with Gasteiger partial charge < -0.3 is 5.41 Å². The van der Waals surface area contributed by atoms with Crippen molar-refractivity contribution in [3.63, 3.8) is 0 Å². The number of hydrogen-bond donors (Lipinski definition) is 1. The molecule has 0 aliphatic heterocycles. The van der Waals surface area contributed by atoms with Crippen LogP contribution in [0.4, 0.5) is 13.2 Å². The summed E-state index contributed by atoms with van der Waals surface area (Å²) in [5.41, 5.74) is -0.470. The highest BCUT2D eigenvalue weighted by atomic mass is 35.5. The van der Waals surface area contributed by atoms with Crippen LogP contribution in [-0.2, 0) is 0 Å². The third-order valence-corrected chi connectivity index (χ3v) is 3.04. The number of halogens is 4. The predicted molar refractivity (Wildman–Crippen MR) is 57.7 cm³/mol. The molecule has 0 bridgehead atoms. The summed E-state index contributed by atoms with van der Waals surface area (Å²) in [5.74, 6) is -0.263. The van der Waals surface area contributed by atoms with Crippen LogP contribution < -0.4 is 0 Å². The molecule has 0 radical (unpaired) electrons. The van der Waals surface area contributed by atoms with E-state index in [1.807, 2.05) is 0 Å². The normalized spacial score (nSPS) is 22.8. The van der Waals surface area contributed by atoms with Crippen LogP contribution in [0.3, 0.4) is 0 Å². The minimum absolute atomic E-state index is 0.0718. The zero-order valence-corrected chi connectivity index (χ0v) is 9.27. The summed E-state index contributed by atoms with van der Waals surface area (Å²) in [5, 5.41) is 8.43. The second kappa shape index (κ2) is 4.61. The summed E-state index contributed by atoms with van der Waals surface area (Å²) in [6, 6.07) is 0. The van der Waals surface area contributed by atoms with Gasteiger partial charge in [0.15, 0.2) is 0 Å². The minimum atomic E-state index is -4.35. The molecule has 0 saturated carbocycles. The van der Waals surface area contributed by atoms with Crippen LogP contribution in [0.25, 0.3) is 0 Å². The first-order valence-corrected chi connectivity index (χ1v) is 5.19. The monoisotopic (exact) mass is 255 g/mol. The third kappa shape index (κ3) is 3.01. The average molecular weight is 256 g/mol. The standard InChI is InChI=1S/C9H9ClF3NS/c10-7-3-5(8(14)4-15)1-2-6(7)9(11,12)13/h4-5,14H,1-3H2. The molecular weight excluding hydrogens is 247 g/mol. The first-order chi connectivity index (χ1) is 6.86. The predicted octanol–water partition coefficient (Wildman–Crippen LogP) is 3.86. The Morgan fingerprint density at radius 2 is 2.13 bits per heavy atom. The van der Waals surface area contributed by atoms with Gasteiger partial charge in [0.25, 0.3) is 0 Å². The highest BCUT2D eigenvalue weighted by Gasteiger charge is 2.38. The molecule has 1 atom stereocenters. The SMILES string of the molecule is N=C(C=S)C1CCC(C(F)(F)F)=C(Cl)C1. The molecule has 1 nitrogen and oxygen atoms in total. The van der Waals surface area contributed by atoms with Gasteiger partial charge in [-0.15, -0.1) is 0 Å². The summed E-state index contributed by atoms with van der Waals surface area (Å²) in [4.78, 5) is 0. The van der Waals surface area contributed by atoms with Crippen molar-refractivity contribution in [2.75, 3.05) is 0 Å². The maximum Gasteiger partial charge on any atom is 0.413 e. The molecule has 0 amide bonds. The molecule has 0 aromatic carbocycles. The summed E-state index contributed by atoms with van der Waals surface area (Å²) in [6.45, 7) is 0. The van der Waals surface area contributed by atoms with Crippen LogP contribution in [0.1, 0.15) is 19.3 Å². The Balaban J connectivity index is 2.83. The Hall–Kier alpha value is -0.420. The van der Waals surface area contributed by atoms with Gasteiger partial charge in [-0.2, -0.15) is 13.2 Å². The second-order valence-electron chi connectivity index (χ2n) is 3.39. The van der Waals surface area contributed by atoms with E-state index in [1.54, 1.807) is 0 Å². The summed E-state index contributed by atoms with van der Waals surface area (Å²) >= 11 is 10.1. The average Bonchev–Trinajstić information content (AvgIpc) is 2.14. The van der Waals surface area contributed by atoms with Crippen molar-refractivity contribution in [2.24, 2.45) is 5.92 Å². The van der Waals surface area contributed by atoms with Crippen molar-refractivity contribution in [3.05, 3.63) is 10.6 Å². The van der Waals surface area contributed by atoms with E-state index in [4.69, 9.17) is 17.0 Å². The van der Waals surface area contributed by atoms with E-state index < -0.39 is 11.7 Å². The van der Waals surface area contributed by atoms with E-state index in [2.05, 4.69) is 12.2 Å². The number of thiocarbonyl (C=S) groups is 1. The Kier molecular flexibility index (Phi) is 3.89. The Labute approximate surface area is 95.8 Å². The van der Waals surface area contributed by atoms with Gasteiger partial charge in [-0.3, -0.25) is 0 Å². The number of allylic oxidation sites excluding steroid dienone is 2. The smallest absolute Gasteiger partial charge is 0.304 e. The van der Waals surface area contributed by atoms with Crippen LogP contribution in [0.2, 0.25) is 0 Å². The minimum Gasteiger partial charge on any atom is -0.304 e. The first-order valence-electron chi connectivity index (χ1n) is 4.34. The highest BCUT2D eigenvalue weighted by Crippen LogP contribution is 2.40. The molecule has 0 aromatic heterocycles. The van der Waals surface area contributed by atoms with Crippen molar-refractivity contribution in [3.8, 4) is 0 Å². The van der Waals surface area contributed by atoms with Crippen molar-refractivity contribution in [2.45, 2.75) is 25.4 Å². The maximum absolute atomic E-state index is 12.4. The fourth-order valence-electron chi connectivity index (χ4n) is 1.55. The lowest BCUT2D eigenvalue weighted by molar-refractivity contribution is -0.0956. The zero-order valence-electron chi connectivity index (χ0n) is 7.70. The first kappa shape index (κ1) is 12.6. The van der Waals surface area contributed by atoms with E-state index >= 15 is 0 Å². The molecule has 1 unspecified atom stereocenters. The van der Waals surface area contributed by atoms with Crippen molar-refractivity contribution in [1.82, 2.24) is 0 Å². The van der Waals surface area contributed by atoms with Gasteiger partial charge in [-0.1, -0.05) is 23.8 Å². The fraction of sp³-hybridized carbons (Fsp3) is 0.556. The van der Waals surface area contributed by atoms with E-state index in [-0.39, 0.29) is 35.9 Å². The number of alkyl halides is 3. The molecule has 0 spiro atoms. The lowest BCUT2D eigenvalue weighted by atomic mass is 9.86. The highest BCUT2D eigenvalue weighted by molar-refractivity contribution is 7.80. The molecule has 0 fully saturated rings. The number of hydrogen-bond acceptors (Lipinski definition) is 2. The fourth-order valence-corrected chi connectivity index (χ4v) is 2.13. The van der Waals surface area contributed by atoms with Crippen molar-refractivity contribution >= 4 is 34.9 Å². The zero-order chi connectivity index (χ0) is 11.6. The molecular formula is C9H9ClF3NS. The molecule has 1 rings (SSSR count). The summed E-state index contributed by atoms with van der Waals surface area (Å²) in [6.07, 6.45) is -4.11. The van der Waals surface area contributed by atoms with Gasteiger partial charge in [-0.05, 0) is 19.3 Å². The molecule has 1 aliphatic rings. The Bertz CT molecular complexity index is 322. The van der Waals surface area contributed by atoms with E-state index in [0.717, 1.165) is 0 Å². The number of rotatable bonds is 2. The van der Waals surface area contributed by atoms with E-state index in [1.165, 1.54) is 5.37 Å².